The Labute approximate surface area is 200 Å². The number of rotatable bonds is 4. The van der Waals surface area contributed by atoms with Crippen molar-refractivity contribution < 1.29 is 23.8 Å². The standard InChI is InChI=1S/C14H10FN3O.C5H9NO2.C4H10O.C2H4/c1-2-8-3-4-10(15)9(7-8)12-6-5-11(16)13(18-12)14(17)19;1-6-3-2-4(7)5(6)8;1-3-4-5-2;1-2/h1,3-7H,16H2,(H2,17,19);4,7H,2-3H2,1H3;3-4H2,1-2H3;1-2H2/t;4-;;/m.0../s1. The zero-order valence-corrected chi connectivity index (χ0v) is 19.9. The Morgan fingerprint density at radius 2 is 2.03 bits per heavy atom. The van der Waals surface area contributed by atoms with Crippen LogP contribution in [0.15, 0.2) is 43.5 Å². The van der Waals surface area contributed by atoms with E-state index in [4.69, 9.17) is 27.7 Å². The number of aliphatic hydroxyl groups excluding tert-OH is 1. The highest BCUT2D eigenvalue weighted by atomic mass is 19.1. The number of anilines is 1. The van der Waals surface area contributed by atoms with E-state index in [1.54, 1.807) is 14.2 Å². The summed E-state index contributed by atoms with van der Waals surface area (Å²) in [5.74, 6) is 0.990. The Morgan fingerprint density at radius 3 is 2.41 bits per heavy atom. The van der Waals surface area contributed by atoms with Crippen LogP contribution in [0, 0.1) is 18.2 Å². The smallest absolute Gasteiger partial charge is 0.269 e. The number of amides is 2. The van der Waals surface area contributed by atoms with Gasteiger partial charge in [0.1, 0.15) is 11.9 Å². The number of carbonyl (C=O) groups is 2. The predicted molar refractivity (Wildman–Crippen MR) is 132 cm³/mol. The lowest BCUT2D eigenvalue weighted by Gasteiger charge is -2.07. The molecule has 5 N–H and O–H groups in total. The van der Waals surface area contributed by atoms with Crippen molar-refractivity contribution in [2.45, 2.75) is 25.9 Å². The van der Waals surface area contributed by atoms with Crippen LogP contribution in [0.25, 0.3) is 11.3 Å². The Balaban J connectivity index is 0.000000597. The molecule has 9 heteroatoms. The van der Waals surface area contributed by atoms with Crippen molar-refractivity contribution in [1.29, 1.82) is 0 Å². The van der Waals surface area contributed by atoms with Crippen molar-refractivity contribution in [3.8, 4) is 23.6 Å². The van der Waals surface area contributed by atoms with Crippen LogP contribution in [0.1, 0.15) is 35.8 Å². The summed E-state index contributed by atoms with van der Waals surface area (Å²) in [6.07, 6.45) is 6.25. The fourth-order valence-corrected chi connectivity index (χ4v) is 2.64. The number of benzene rings is 1. The lowest BCUT2D eigenvalue weighted by Crippen LogP contribution is -2.24. The van der Waals surface area contributed by atoms with Crippen molar-refractivity contribution in [1.82, 2.24) is 9.88 Å². The molecule has 3 rings (SSSR count). The summed E-state index contributed by atoms with van der Waals surface area (Å²) >= 11 is 0. The van der Waals surface area contributed by atoms with Gasteiger partial charge in [0.25, 0.3) is 11.8 Å². The van der Waals surface area contributed by atoms with Gasteiger partial charge in [-0.1, -0.05) is 12.8 Å². The van der Waals surface area contributed by atoms with Crippen molar-refractivity contribution in [3.05, 3.63) is 60.6 Å². The van der Waals surface area contributed by atoms with E-state index < -0.39 is 17.8 Å². The molecule has 1 atom stereocenters. The first-order valence-corrected chi connectivity index (χ1v) is 10.4. The predicted octanol–water partition coefficient (Wildman–Crippen LogP) is 2.60. The lowest BCUT2D eigenvalue weighted by atomic mass is 10.1. The number of aliphatic hydroxyl groups is 1. The summed E-state index contributed by atoms with van der Waals surface area (Å²) in [4.78, 5) is 27.3. The summed E-state index contributed by atoms with van der Waals surface area (Å²) in [5.41, 5.74) is 11.7. The van der Waals surface area contributed by atoms with E-state index in [0.29, 0.717) is 18.5 Å². The summed E-state index contributed by atoms with van der Waals surface area (Å²) in [5, 5.41) is 8.78. The molecular weight excluding hydrogens is 439 g/mol. The number of nitrogen functional groups attached to an aromatic ring is 1. The average Bonchev–Trinajstić information content (AvgIpc) is 3.13. The molecule has 0 saturated carbocycles. The van der Waals surface area contributed by atoms with Gasteiger partial charge in [-0.05, 0) is 43.2 Å². The number of aromatic nitrogens is 1. The van der Waals surface area contributed by atoms with Crippen LogP contribution < -0.4 is 11.5 Å². The quantitative estimate of drug-likeness (QED) is 0.463. The third-order valence-electron chi connectivity index (χ3n) is 4.38. The molecule has 1 aromatic carbocycles. The molecular formula is C25H33FN4O4. The minimum atomic E-state index is -0.770. The third kappa shape index (κ3) is 9.40. The molecule has 2 amide bonds. The van der Waals surface area contributed by atoms with Crippen LogP contribution in [0.5, 0.6) is 0 Å². The number of nitrogens with two attached hydrogens (primary N) is 2. The Hall–Kier alpha value is -3.74. The molecule has 8 nitrogen and oxygen atoms in total. The number of carbonyl (C=O) groups excluding carboxylic acids is 2. The van der Waals surface area contributed by atoms with Crippen molar-refractivity contribution in [2.75, 3.05) is 33.0 Å². The van der Waals surface area contributed by atoms with E-state index in [0.717, 1.165) is 13.0 Å². The van der Waals surface area contributed by atoms with Gasteiger partial charge in [0.2, 0.25) is 0 Å². The van der Waals surface area contributed by atoms with Crippen molar-refractivity contribution in [3.63, 3.8) is 0 Å². The molecule has 184 valence electrons. The maximum absolute atomic E-state index is 13.8. The van der Waals surface area contributed by atoms with Gasteiger partial charge in [0.05, 0.1) is 11.4 Å². The zero-order valence-electron chi connectivity index (χ0n) is 19.9. The molecule has 2 aromatic rings. The number of terminal acetylenes is 1. The Morgan fingerprint density at radius 1 is 1.38 bits per heavy atom. The maximum Gasteiger partial charge on any atom is 0.269 e. The first-order chi connectivity index (χ1) is 16.2. The van der Waals surface area contributed by atoms with E-state index >= 15 is 0 Å². The van der Waals surface area contributed by atoms with Gasteiger partial charge in [-0.15, -0.1) is 19.6 Å². The molecule has 0 unspecified atom stereocenters. The molecule has 1 aromatic heterocycles. The molecule has 1 saturated heterocycles. The van der Waals surface area contributed by atoms with Crippen LogP contribution >= 0.6 is 0 Å². The van der Waals surface area contributed by atoms with E-state index in [-0.39, 0.29) is 28.5 Å². The molecule has 1 fully saturated rings. The van der Waals surface area contributed by atoms with E-state index in [1.807, 2.05) is 0 Å². The van der Waals surface area contributed by atoms with Gasteiger partial charge in [-0.25, -0.2) is 9.37 Å². The molecule has 1 aliphatic heterocycles. The van der Waals surface area contributed by atoms with Crippen molar-refractivity contribution >= 4 is 17.5 Å². The average molecular weight is 473 g/mol. The van der Waals surface area contributed by atoms with Gasteiger partial charge in [0, 0.05) is 38.4 Å². The molecule has 0 bridgehead atoms. The third-order valence-corrected chi connectivity index (χ3v) is 4.38. The van der Waals surface area contributed by atoms with Crippen LogP contribution in [0.2, 0.25) is 0 Å². The fourth-order valence-electron chi connectivity index (χ4n) is 2.64. The second kappa shape index (κ2) is 16.0. The Kier molecular flexibility index (Phi) is 14.2. The lowest BCUT2D eigenvalue weighted by molar-refractivity contribution is -0.133. The highest BCUT2D eigenvalue weighted by Crippen LogP contribution is 2.24. The monoisotopic (exact) mass is 472 g/mol. The van der Waals surface area contributed by atoms with Crippen molar-refractivity contribution in [2.24, 2.45) is 5.73 Å². The van der Waals surface area contributed by atoms with E-state index in [2.05, 4.69) is 31.0 Å². The second-order valence-corrected chi connectivity index (χ2v) is 6.89. The van der Waals surface area contributed by atoms with Crippen LogP contribution in [-0.4, -0.2) is 60.2 Å². The van der Waals surface area contributed by atoms with Crippen LogP contribution in [0.4, 0.5) is 10.1 Å². The van der Waals surface area contributed by atoms with E-state index in [1.165, 1.54) is 35.2 Å². The number of primary amides is 1. The second-order valence-electron chi connectivity index (χ2n) is 6.89. The van der Waals surface area contributed by atoms with Crippen LogP contribution in [0.3, 0.4) is 0 Å². The molecule has 0 radical (unpaired) electrons. The number of hydrogen-bond donors (Lipinski definition) is 3. The molecule has 0 spiro atoms. The number of ether oxygens (including phenoxy) is 1. The maximum atomic E-state index is 13.8. The number of likely N-dealkylation sites (tertiary alicyclic amines) is 1. The van der Waals surface area contributed by atoms with Crippen LogP contribution in [-0.2, 0) is 9.53 Å². The minimum Gasteiger partial charge on any atom is -0.397 e. The van der Waals surface area contributed by atoms with Gasteiger partial charge in [-0.2, -0.15) is 0 Å². The first kappa shape index (κ1) is 30.3. The number of likely N-dealkylation sites (N-methyl/N-ethyl adjacent to an activating group) is 1. The largest absolute Gasteiger partial charge is 0.397 e. The Bertz CT molecular complexity index is 977. The summed E-state index contributed by atoms with van der Waals surface area (Å²) in [7, 11) is 3.40. The van der Waals surface area contributed by atoms with Gasteiger partial charge in [0.15, 0.2) is 5.69 Å². The number of nitrogens with zero attached hydrogens (tertiary/aromatic N) is 2. The molecule has 0 aliphatic carbocycles. The highest BCUT2D eigenvalue weighted by molar-refractivity contribution is 5.96. The van der Waals surface area contributed by atoms with Gasteiger partial charge >= 0.3 is 0 Å². The summed E-state index contributed by atoms with van der Waals surface area (Å²) in [6, 6.07) is 7.14. The zero-order chi connectivity index (χ0) is 26.3. The summed E-state index contributed by atoms with van der Waals surface area (Å²) in [6.45, 7) is 9.67. The normalized spacial score (nSPS) is 13.8. The number of pyridine rings is 1. The molecule has 2 heterocycles. The SMILES string of the molecule is C#Cc1ccc(F)c(-c2ccc(N)c(C(N)=O)n2)c1.C=C.CCCOC.CN1CC[C@H](O)C1=O. The topological polar surface area (TPSA) is 132 Å². The fraction of sp³-hybridized carbons (Fsp3) is 0.320. The number of methoxy groups -OCH3 is 1. The van der Waals surface area contributed by atoms with Gasteiger partial charge < -0.3 is 26.2 Å². The molecule has 1 aliphatic rings. The number of hydrogen-bond acceptors (Lipinski definition) is 6. The highest BCUT2D eigenvalue weighted by Gasteiger charge is 2.26. The minimum absolute atomic E-state index is 0.0944. The summed E-state index contributed by atoms with van der Waals surface area (Å²) < 4.78 is 18.5. The first-order valence-electron chi connectivity index (χ1n) is 10.4. The molecule has 34 heavy (non-hydrogen) atoms. The van der Waals surface area contributed by atoms with E-state index in [9.17, 15) is 14.0 Å². The number of halogens is 1. The van der Waals surface area contributed by atoms with Gasteiger partial charge in [-0.3, -0.25) is 9.59 Å².